The predicted octanol–water partition coefficient (Wildman–Crippen LogP) is 3.92. The molecule has 20 heavy (non-hydrogen) atoms. The van der Waals surface area contributed by atoms with E-state index in [4.69, 9.17) is 10.5 Å². The highest BCUT2D eigenvalue weighted by atomic mass is 79.9. The first-order valence-corrected chi connectivity index (χ1v) is 6.46. The number of halogens is 4. The van der Waals surface area contributed by atoms with Gasteiger partial charge in [-0.1, -0.05) is 6.07 Å². The molecule has 2 nitrogen and oxygen atoms in total. The normalized spacial score (nSPS) is 12.3. The molecule has 0 spiro atoms. The van der Waals surface area contributed by atoms with Crippen LogP contribution in [0.25, 0.3) is 0 Å². The van der Waals surface area contributed by atoms with Gasteiger partial charge in [0.05, 0.1) is 17.6 Å². The number of methoxy groups -OCH3 is 1. The fourth-order valence-corrected chi connectivity index (χ4v) is 2.38. The van der Waals surface area contributed by atoms with Crippen LogP contribution in [0.5, 0.6) is 5.75 Å². The third-order valence-corrected chi connectivity index (χ3v) is 3.52. The fourth-order valence-electron chi connectivity index (χ4n) is 1.82. The second-order valence-electron chi connectivity index (χ2n) is 4.17. The van der Waals surface area contributed by atoms with Gasteiger partial charge in [0.1, 0.15) is 5.75 Å². The lowest BCUT2D eigenvalue weighted by Gasteiger charge is -2.14. The fraction of sp³-hybridized carbons (Fsp3) is 0.143. The summed E-state index contributed by atoms with van der Waals surface area (Å²) >= 11 is 3.30. The molecule has 2 rings (SSSR count). The Kier molecular flexibility index (Phi) is 4.35. The molecule has 0 saturated carbocycles. The summed E-state index contributed by atoms with van der Waals surface area (Å²) in [7, 11) is 1.52. The molecule has 0 heterocycles. The van der Waals surface area contributed by atoms with E-state index in [-0.39, 0.29) is 5.56 Å². The zero-order chi connectivity index (χ0) is 14.9. The number of benzene rings is 2. The summed E-state index contributed by atoms with van der Waals surface area (Å²) in [5, 5.41) is 0. The van der Waals surface area contributed by atoms with E-state index >= 15 is 0 Å². The van der Waals surface area contributed by atoms with E-state index < -0.39 is 23.5 Å². The summed E-state index contributed by atoms with van der Waals surface area (Å²) < 4.78 is 45.1. The third kappa shape index (κ3) is 2.81. The van der Waals surface area contributed by atoms with Crippen molar-refractivity contribution in [3.05, 3.63) is 63.4 Å². The Bertz CT molecular complexity index is 625. The van der Waals surface area contributed by atoms with E-state index in [2.05, 4.69) is 15.9 Å². The minimum absolute atomic E-state index is 0.151. The minimum atomic E-state index is -1.50. The van der Waals surface area contributed by atoms with Crippen LogP contribution in [-0.2, 0) is 0 Å². The smallest absolute Gasteiger partial charge is 0.194 e. The van der Waals surface area contributed by atoms with E-state index in [1.54, 1.807) is 18.2 Å². The summed E-state index contributed by atoms with van der Waals surface area (Å²) in [5.74, 6) is -3.42. The van der Waals surface area contributed by atoms with Gasteiger partial charge in [-0.15, -0.1) is 0 Å². The molecule has 0 saturated heterocycles. The quantitative estimate of drug-likeness (QED) is 0.855. The maximum Gasteiger partial charge on any atom is 0.194 e. The van der Waals surface area contributed by atoms with Crippen LogP contribution < -0.4 is 10.5 Å². The molecular weight excluding hydrogens is 335 g/mol. The van der Waals surface area contributed by atoms with Gasteiger partial charge in [-0.05, 0) is 51.3 Å². The minimum Gasteiger partial charge on any atom is -0.496 e. The van der Waals surface area contributed by atoms with Crippen molar-refractivity contribution in [2.75, 3.05) is 7.11 Å². The van der Waals surface area contributed by atoms with E-state index in [1.807, 2.05) is 0 Å². The van der Waals surface area contributed by atoms with Gasteiger partial charge in [-0.3, -0.25) is 0 Å². The van der Waals surface area contributed by atoms with Gasteiger partial charge in [0.2, 0.25) is 0 Å². The average Bonchev–Trinajstić information content (AvgIpc) is 2.43. The molecule has 1 unspecified atom stereocenters. The first-order chi connectivity index (χ1) is 9.43. The maximum absolute atomic E-state index is 13.2. The van der Waals surface area contributed by atoms with Crippen LogP contribution in [0, 0.1) is 17.5 Å². The van der Waals surface area contributed by atoms with Crippen molar-refractivity contribution in [1.82, 2.24) is 0 Å². The van der Waals surface area contributed by atoms with Crippen LogP contribution in [0.3, 0.4) is 0 Å². The van der Waals surface area contributed by atoms with E-state index in [9.17, 15) is 13.2 Å². The molecular formula is C14H11BrF3NO. The molecule has 0 fully saturated rings. The molecule has 0 aliphatic carbocycles. The van der Waals surface area contributed by atoms with Crippen molar-refractivity contribution in [3.63, 3.8) is 0 Å². The number of rotatable bonds is 3. The lowest BCUT2D eigenvalue weighted by molar-refractivity contribution is 0.412. The van der Waals surface area contributed by atoms with Crippen molar-refractivity contribution in [2.24, 2.45) is 5.73 Å². The van der Waals surface area contributed by atoms with Crippen LogP contribution >= 0.6 is 15.9 Å². The highest BCUT2D eigenvalue weighted by Crippen LogP contribution is 2.30. The molecule has 0 aromatic heterocycles. The third-order valence-electron chi connectivity index (χ3n) is 2.90. The van der Waals surface area contributed by atoms with Crippen molar-refractivity contribution in [2.45, 2.75) is 6.04 Å². The van der Waals surface area contributed by atoms with Gasteiger partial charge in [0.15, 0.2) is 17.5 Å². The van der Waals surface area contributed by atoms with Crippen LogP contribution in [0.1, 0.15) is 17.2 Å². The topological polar surface area (TPSA) is 35.2 Å². The summed E-state index contributed by atoms with van der Waals surface area (Å²) in [6, 6.07) is 6.04. The summed E-state index contributed by atoms with van der Waals surface area (Å²) in [6.07, 6.45) is 0. The van der Waals surface area contributed by atoms with Crippen molar-refractivity contribution < 1.29 is 17.9 Å². The summed E-state index contributed by atoms with van der Waals surface area (Å²) in [5.41, 5.74) is 6.71. The van der Waals surface area contributed by atoms with Gasteiger partial charge < -0.3 is 10.5 Å². The van der Waals surface area contributed by atoms with Crippen LogP contribution in [0.2, 0.25) is 0 Å². The summed E-state index contributed by atoms with van der Waals surface area (Å²) in [6.45, 7) is 0. The zero-order valence-corrected chi connectivity index (χ0v) is 12.0. The predicted molar refractivity (Wildman–Crippen MR) is 73.0 cm³/mol. The monoisotopic (exact) mass is 345 g/mol. The average molecular weight is 346 g/mol. The van der Waals surface area contributed by atoms with Gasteiger partial charge in [0, 0.05) is 0 Å². The lowest BCUT2D eigenvalue weighted by Crippen LogP contribution is -2.13. The highest BCUT2D eigenvalue weighted by molar-refractivity contribution is 9.10. The second kappa shape index (κ2) is 5.85. The number of ether oxygens (including phenoxy) is 1. The molecule has 0 radical (unpaired) electrons. The number of hydrogen-bond donors (Lipinski definition) is 1. The van der Waals surface area contributed by atoms with Gasteiger partial charge in [-0.2, -0.15) is 0 Å². The molecule has 1 atom stereocenters. The molecule has 2 N–H and O–H groups in total. The molecule has 106 valence electrons. The highest BCUT2D eigenvalue weighted by Gasteiger charge is 2.17. The first kappa shape index (κ1) is 14.9. The molecule has 2 aromatic carbocycles. The van der Waals surface area contributed by atoms with E-state index in [1.165, 1.54) is 7.11 Å². The second-order valence-corrected chi connectivity index (χ2v) is 5.02. The number of hydrogen-bond acceptors (Lipinski definition) is 2. The Labute approximate surface area is 122 Å². The summed E-state index contributed by atoms with van der Waals surface area (Å²) in [4.78, 5) is 0. The number of nitrogens with two attached hydrogens (primary N) is 1. The molecule has 2 aromatic rings. The Morgan fingerprint density at radius 1 is 1.05 bits per heavy atom. The molecule has 6 heteroatoms. The zero-order valence-electron chi connectivity index (χ0n) is 10.5. The van der Waals surface area contributed by atoms with Crippen LogP contribution in [0.4, 0.5) is 13.2 Å². The van der Waals surface area contributed by atoms with Gasteiger partial charge in [0.25, 0.3) is 0 Å². The van der Waals surface area contributed by atoms with E-state index in [0.29, 0.717) is 15.8 Å². The largest absolute Gasteiger partial charge is 0.496 e. The maximum atomic E-state index is 13.2. The first-order valence-electron chi connectivity index (χ1n) is 5.67. The molecule has 0 amide bonds. The van der Waals surface area contributed by atoms with Gasteiger partial charge >= 0.3 is 0 Å². The van der Waals surface area contributed by atoms with Crippen LogP contribution in [-0.4, -0.2) is 7.11 Å². The van der Waals surface area contributed by atoms with Crippen molar-refractivity contribution >= 4 is 15.9 Å². The molecule has 0 aliphatic rings. The Hall–Kier alpha value is -1.53. The van der Waals surface area contributed by atoms with Gasteiger partial charge in [-0.25, -0.2) is 13.2 Å². The van der Waals surface area contributed by atoms with E-state index in [0.717, 1.165) is 12.1 Å². The molecule has 0 bridgehead atoms. The Balaban J connectivity index is 2.41. The van der Waals surface area contributed by atoms with Crippen molar-refractivity contribution in [3.8, 4) is 5.75 Å². The lowest BCUT2D eigenvalue weighted by atomic mass is 9.99. The molecule has 0 aliphatic heterocycles. The standard InChI is InChI=1S/C14H11BrF3NO/c1-20-12-3-2-7(4-9(12)15)14(19)8-5-10(16)13(18)11(17)6-8/h2-6,14H,19H2,1H3. The Morgan fingerprint density at radius 2 is 1.65 bits per heavy atom. The van der Waals surface area contributed by atoms with Crippen molar-refractivity contribution in [1.29, 1.82) is 0 Å². The van der Waals surface area contributed by atoms with Crippen LogP contribution in [0.15, 0.2) is 34.8 Å². The Morgan fingerprint density at radius 3 is 2.15 bits per heavy atom. The SMILES string of the molecule is COc1ccc(C(N)c2cc(F)c(F)c(F)c2)cc1Br.